The summed E-state index contributed by atoms with van der Waals surface area (Å²) in [5, 5.41) is 21.9. The highest BCUT2D eigenvalue weighted by Crippen LogP contribution is 2.16. The maximum atomic E-state index is 11.9. The lowest BCUT2D eigenvalue weighted by Crippen LogP contribution is -2.20. The minimum Gasteiger partial charge on any atom is -0.299 e. The molecule has 0 aliphatic heterocycles. The molecule has 0 unspecified atom stereocenters. The van der Waals surface area contributed by atoms with E-state index < -0.39 is 0 Å². The van der Waals surface area contributed by atoms with Crippen LogP contribution in [-0.4, -0.2) is 36.3 Å². The molecule has 1 amide bonds. The average molecular weight is 301 g/mol. The van der Waals surface area contributed by atoms with Gasteiger partial charge in [0.25, 0.3) is 0 Å². The highest BCUT2D eigenvalue weighted by Gasteiger charge is 2.13. The molecule has 0 fully saturated rings. The van der Waals surface area contributed by atoms with Crippen LogP contribution >= 0.6 is 11.3 Å². The number of benzene rings is 1. The molecule has 3 rings (SSSR count). The Balaban J connectivity index is 1.76. The average Bonchev–Trinajstić information content (AvgIpc) is 3.11. The van der Waals surface area contributed by atoms with Gasteiger partial charge in [0.1, 0.15) is 12.1 Å². The third-order valence-corrected chi connectivity index (χ3v) is 3.35. The van der Waals surface area contributed by atoms with Crippen molar-refractivity contribution in [3.63, 3.8) is 0 Å². The van der Waals surface area contributed by atoms with Gasteiger partial charge in [-0.3, -0.25) is 10.1 Å². The summed E-state index contributed by atoms with van der Waals surface area (Å²) in [6.07, 6.45) is 0. The zero-order valence-corrected chi connectivity index (χ0v) is 11.9. The third-order valence-electron chi connectivity index (χ3n) is 2.74. The number of aryl methyl sites for hydroxylation is 1. The molecule has 2 aromatic heterocycles. The summed E-state index contributed by atoms with van der Waals surface area (Å²) in [5.74, 6) is 0.287. The van der Waals surface area contributed by atoms with Gasteiger partial charge >= 0.3 is 0 Å². The summed E-state index contributed by atoms with van der Waals surface area (Å²) in [6.45, 7) is 2.01. The molecule has 3 aromatic rings. The molecule has 0 bridgehead atoms. The van der Waals surface area contributed by atoms with Gasteiger partial charge < -0.3 is 0 Å². The Hall–Kier alpha value is -2.68. The highest BCUT2D eigenvalue weighted by atomic mass is 32.1. The summed E-state index contributed by atoms with van der Waals surface area (Å²) in [7, 11) is 0. The number of nitrogens with one attached hydrogen (secondary N) is 1. The summed E-state index contributed by atoms with van der Waals surface area (Å²) < 4.78 is 1.45. The van der Waals surface area contributed by atoms with Gasteiger partial charge in [-0.2, -0.15) is 0 Å². The second-order valence-electron chi connectivity index (χ2n) is 4.32. The molecule has 8 nitrogen and oxygen atoms in total. The van der Waals surface area contributed by atoms with Gasteiger partial charge in [-0.15, -0.1) is 15.3 Å². The Morgan fingerprint density at radius 3 is 2.81 bits per heavy atom. The van der Waals surface area contributed by atoms with Crippen molar-refractivity contribution in [1.82, 2.24) is 30.4 Å². The van der Waals surface area contributed by atoms with Gasteiger partial charge in [-0.25, -0.2) is 4.68 Å². The lowest BCUT2D eigenvalue weighted by atomic mass is 10.1. The molecule has 0 saturated carbocycles. The molecule has 0 atom stereocenters. The first-order chi connectivity index (χ1) is 10.2. The van der Waals surface area contributed by atoms with E-state index >= 15 is 0 Å². The van der Waals surface area contributed by atoms with E-state index in [2.05, 4.69) is 31.0 Å². The fraction of sp³-hybridized carbons (Fsp3) is 0.167. The monoisotopic (exact) mass is 301 g/mol. The zero-order chi connectivity index (χ0) is 14.7. The number of nitrogens with zero attached hydrogens (tertiary/aromatic N) is 6. The molecule has 0 radical (unpaired) electrons. The molecule has 1 aromatic carbocycles. The van der Waals surface area contributed by atoms with Crippen LogP contribution in [0.2, 0.25) is 0 Å². The summed E-state index contributed by atoms with van der Waals surface area (Å²) in [5.41, 5.74) is 3.55. The van der Waals surface area contributed by atoms with Crippen LogP contribution in [0.15, 0.2) is 29.8 Å². The van der Waals surface area contributed by atoms with Gasteiger partial charge in [0, 0.05) is 5.56 Å². The first kappa shape index (κ1) is 13.3. The van der Waals surface area contributed by atoms with E-state index in [1.807, 2.05) is 31.2 Å². The van der Waals surface area contributed by atoms with Crippen LogP contribution in [0.25, 0.3) is 11.4 Å². The normalized spacial score (nSPS) is 10.5. The van der Waals surface area contributed by atoms with E-state index in [0.29, 0.717) is 11.0 Å². The number of amides is 1. The molecule has 0 saturated heterocycles. The lowest BCUT2D eigenvalue weighted by molar-refractivity contribution is -0.116. The van der Waals surface area contributed by atoms with Crippen LogP contribution < -0.4 is 5.32 Å². The van der Waals surface area contributed by atoms with Crippen molar-refractivity contribution in [3.8, 4) is 11.4 Å². The summed E-state index contributed by atoms with van der Waals surface area (Å²) in [6, 6.07) is 7.77. The number of carbonyl (C=O) groups is 1. The van der Waals surface area contributed by atoms with Crippen LogP contribution in [0.5, 0.6) is 0 Å². The van der Waals surface area contributed by atoms with Crippen LogP contribution in [0, 0.1) is 6.92 Å². The molecule has 0 spiro atoms. The van der Waals surface area contributed by atoms with Crippen molar-refractivity contribution in [3.05, 3.63) is 35.3 Å². The molecule has 1 N–H and O–H groups in total. The number of anilines is 1. The van der Waals surface area contributed by atoms with Crippen LogP contribution in [0.3, 0.4) is 0 Å². The van der Waals surface area contributed by atoms with Crippen molar-refractivity contribution in [2.45, 2.75) is 13.5 Å². The van der Waals surface area contributed by atoms with Crippen molar-refractivity contribution in [2.75, 3.05) is 5.32 Å². The number of rotatable bonds is 4. The largest absolute Gasteiger partial charge is 0.299 e. The summed E-state index contributed by atoms with van der Waals surface area (Å²) in [4.78, 5) is 11.9. The second-order valence-corrected chi connectivity index (χ2v) is 5.15. The second kappa shape index (κ2) is 5.75. The first-order valence-electron chi connectivity index (χ1n) is 6.11. The Morgan fingerprint density at radius 1 is 1.29 bits per heavy atom. The fourth-order valence-electron chi connectivity index (χ4n) is 1.74. The van der Waals surface area contributed by atoms with E-state index in [9.17, 15) is 4.79 Å². The zero-order valence-electron chi connectivity index (χ0n) is 11.1. The molecule has 106 valence electrons. The van der Waals surface area contributed by atoms with Crippen molar-refractivity contribution >= 4 is 22.4 Å². The molecule has 9 heteroatoms. The summed E-state index contributed by atoms with van der Waals surface area (Å²) >= 11 is 1.25. The van der Waals surface area contributed by atoms with Crippen molar-refractivity contribution in [1.29, 1.82) is 0 Å². The van der Waals surface area contributed by atoms with Crippen molar-refractivity contribution in [2.24, 2.45) is 0 Å². The number of carbonyl (C=O) groups excluding carboxylic acids is 1. The number of aromatic nitrogens is 6. The SMILES string of the molecule is Cc1ccc(-c2nnnn2CC(=O)Nc2nncs2)cc1. The van der Waals surface area contributed by atoms with E-state index in [4.69, 9.17) is 0 Å². The first-order valence-corrected chi connectivity index (χ1v) is 6.99. The molecule has 0 aliphatic carbocycles. The minimum atomic E-state index is -0.257. The standard InChI is InChI=1S/C12H11N7OS/c1-8-2-4-9(5-3-8)11-15-17-18-19(11)6-10(20)14-12-16-13-7-21-12/h2-5,7H,6H2,1H3,(H,14,16,20). The van der Waals surface area contributed by atoms with E-state index in [-0.39, 0.29) is 12.5 Å². The Labute approximate surface area is 123 Å². The van der Waals surface area contributed by atoms with Crippen LogP contribution in [0.4, 0.5) is 5.13 Å². The third kappa shape index (κ3) is 3.08. The quantitative estimate of drug-likeness (QED) is 0.776. The number of hydrogen-bond acceptors (Lipinski definition) is 7. The predicted octanol–water partition coefficient (Wildman–Crippen LogP) is 1.14. The number of tetrazole rings is 1. The minimum absolute atomic E-state index is 0.00971. The smallest absolute Gasteiger partial charge is 0.248 e. The van der Waals surface area contributed by atoms with Gasteiger partial charge in [-0.05, 0) is 17.4 Å². The molecular weight excluding hydrogens is 290 g/mol. The van der Waals surface area contributed by atoms with Gasteiger partial charge in [0.2, 0.25) is 11.0 Å². The molecule has 0 aliphatic rings. The van der Waals surface area contributed by atoms with Crippen molar-refractivity contribution < 1.29 is 4.79 Å². The lowest BCUT2D eigenvalue weighted by Gasteiger charge is -2.04. The fourth-order valence-corrected chi connectivity index (χ4v) is 2.20. The Bertz CT molecular complexity index is 735. The van der Waals surface area contributed by atoms with E-state index in [1.165, 1.54) is 16.0 Å². The molecular formula is C12H11N7OS. The van der Waals surface area contributed by atoms with Gasteiger partial charge in [0.05, 0.1) is 0 Å². The predicted molar refractivity (Wildman–Crippen MR) is 76.5 cm³/mol. The van der Waals surface area contributed by atoms with Gasteiger partial charge in [-0.1, -0.05) is 41.2 Å². The molecule has 2 heterocycles. The molecule has 21 heavy (non-hydrogen) atoms. The van der Waals surface area contributed by atoms with E-state index in [0.717, 1.165) is 11.1 Å². The Kier molecular flexibility index (Phi) is 3.65. The van der Waals surface area contributed by atoms with E-state index in [1.54, 1.807) is 5.51 Å². The highest BCUT2D eigenvalue weighted by molar-refractivity contribution is 7.13. The maximum Gasteiger partial charge on any atom is 0.248 e. The Morgan fingerprint density at radius 2 is 2.10 bits per heavy atom. The van der Waals surface area contributed by atoms with Crippen LogP contribution in [-0.2, 0) is 11.3 Å². The van der Waals surface area contributed by atoms with Gasteiger partial charge in [0.15, 0.2) is 5.82 Å². The van der Waals surface area contributed by atoms with Crippen LogP contribution in [0.1, 0.15) is 5.56 Å². The maximum absolute atomic E-state index is 11.9. The number of hydrogen-bond donors (Lipinski definition) is 1. The topological polar surface area (TPSA) is 98.5 Å².